The highest BCUT2D eigenvalue weighted by Gasteiger charge is 2.16. The van der Waals surface area contributed by atoms with Gasteiger partial charge < -0.3 is 0 Å². The largest absolute Gasteiger partial charge is 0.272 e. The summed E-state index contributed by atoms with van der Waals surface area (Å²) in [6.07, 6.45) is 0. The number of thioether (sulfide) groups is 1. The second-order valence-corrected chi connectivity index (χ2v) is 9.75. The lowest BCUT2D eigenvalue weighted by Crippen LogP contribution is -2.25. The lowest BCUT2D eigenvalue weighted by molar-refractivity contribution is -0.118. The summed E-state index contributed by atoms with van der Waals surface area (Å²) in [6.45, 7) is 3.80. The molecule has 5 aromatic rings. The van der Waals surface area contributed by atoms with Crippen LogP contribution in [0.15, 0.2) is 118 Å². The second-order valence-electron chi connectivity index (χ2n) is 8.80. The third-order valence-corrected chi connectivity index (χ3v) is 7.13. The van der Waals surface area contributed by atoms with Gasteiger partial charge in [-0.15, -0.1) is 0 Å². The van der Waals surface area contributed by atoms with E-state index >= 15 is 0 Å². The minimum absolute atomic E-state index is 0.0559. The maximum atomic E-state index is 13.4. The molecule has 188 valence electrons. The SMILES string of the molecule is C/C(=N\NC(=O)CSc1nc2ccccc2c(=O)n1-c1ccccc1C)c1ccc(-c2ccccc2)cc1. The zero-order valence-corrected chi connectivity index (χ0v) is 21.9. The monoisotopic (exact) mass is 518 g/mol. The van der Waals surface area contributed by atoms with Gasteiger partial charge in [-0.1, -0.05) is 96.7 Å². The van der Waals surface area contributed by atoms with Crippen LogP contribution < -0.4 is 11.0 Å². The highest BCUT2D eigenvalue weighted by atomic mass is 32.2. The van der Waals surface area contributed by atoms with Gasteiger partial charge in [-0.05, 0) is 54.3 Å². The highest BCUT2D eigenvalue weighted by Crippen LogP contribution is 2.23. The molecule has 6 nitrogen and oxygen atoms in total. The first-order valence-electron chi connectivity index (χ1n) is 12.2. The van der Waals surface area contributed by atoms with Gasteiger partial charge in [0.1, 0.15) is 0 Å². The molecule has 5 rings (SSSR count). The molecule has 1 amide bonds. The van der Waals surface area contributed by atoms with E-state index in [1.54, 1.807) is 16.7 Å². The second kappa shape index (κ2) is 11.3. The number of nitrogens with zero attached hydrogens (tertiary/aromatic N) is 3. The topological polar surface area (TPSA) is 76.3 Å². The van der Waals surface area contributed by atoms with Gasteiger partial charge in [0.15, 0.2) is 5.16 Å². The molecule has 0 unspecified atom stereocenters. The van der Waals surface area contributed by atoms with Crippen LogP contribution in [0.5, 0.6) is 0 Å². The summed E-state index contributed by atoms with van der Waals surface area (Å²) in [6, 6.07) is 33.1. The van der Waals surface area contributed by atoms with E-state index in [1.807, 2.05) is 92.7 Å². The summed E-state index contributed by atoms with van der Waals surface area (Å²) < 4.78 is 1.58. The maximum Gasteiger partial charge on any atom is 0.266 e. The van der Waals surface area contributed by atoms with E-state index in [0.717, 1.165) is 27.9 Å². The van der Waals surface area contributed by atoms with Gasteiger partial charge in [0.2, 0.25) is 0 Å². The Bertz CT molecular complexity index is 1690. The summed E-state index contributed by atoms with van der Waals surface area (Å²) in [5.41, 5.74) is 8.62. The van der Waals surface area contributed by atoms with Crippen molar-refractivity contribution in [2.45, 2.75) is 19.0 Å². The molecule has 0 spiro atoms. The van der Waals surface area contributed by atoms with Crippen molar-refractivity contribution in [1.29, 1.82) is 0 Å². The molecule has 7 heteroatoms. The Kier molecular flexibility index (Phi) is 7.47. The van der Waals surface area contributed by atoms with Gasteiger partial charge in [0.25, 0.3) is 11.5 Å². The molecule has 0 aliphatic heterocycles. The fraction of sp³-hybridized carbons (Fsp3) is 0.0968. The Morgan fingerprint density at radius 1 is 0.868 bits per heavy atom. The van der Waals surface area contributed by atoms with Gasteiger partial charge >= 0.3 is 0 Å². The first-order chi connectivity index (χ1) is 18.5. The zero-order valence-electron chi connectivity index (χ0n) is 21.1. The molecule has 0 radical (unpaired) electrons. The predicted molar refractivity (Wildman–Crippen MR) is 155 cm³/mol. The number of carbonyl (C=O) groups excluding carboxylic acids is 1. The van der Waals surface area contributed by atoms with Crippen LogP contribution in [0.25, 0.3) is 27.7 Å². The molecule has 1 aromatic heterocycles. The maximum absolute atomic E-state index is 13.4. The molecule has 0 fully saturated rings. The van der Waals surface area contributed by atoms with Gasteiger partial charge in [0, 0.05) is 0 Å². The summed E-state index contributed by atoms with van der Waals surface area (Å²) in [7, 11) is 0. The lowest BCUT2D eigenvalue weighted by Gasteiger charge is -2.14. The number of hydrazone groups is 1. The molecule has 38 heavy (non-hydrogen) atoms. The van der Waals surface area contributed by atoms with Crippen molar-refractivity contribution in [3.63, 3.8) is 0 Å². The fourth-order valence-corrected chi connectivity index (χ4v) is 4.94. The van der Waals surface area contributed by atoms with Crippen molar-refractivity contribution < 1.29 is 4.79 Å². The first kappa shape index (κ1) is 25.2. The van der Waals surface area contributed by atoms with E-state index in [-0.39, 0.29) is 17.2 Å². The first-order valence-corrected chi connectivity index (χ1v) is 13.2. The van der Waals surface area contributed by atoms with Crippen molar-refractivity contribution >= 4 is 34.3 Å². The smallest absolute Gasteiger partial charge is 0.266 e. The van der Waals surface area contributed by atoms with Gasteiger partial charge in [-0.3, -0.25) is 14.2 Å². The van der Waals surface area contributed by atoms with Crippen LogP contribution in [0, 0.1) is 6.92 Å². The summed E-state index contributed by atoms with van der Waals surface area (Å²) in [5.74, 6) is -0.227. The highest BCUT2D eigenvalue weighted by molar-refractivity contribution is 7.99. The fourth-order valence-electron chi connectivity index (χ4n) is 4.14. The van der Waals surface area contributed by atoms with E-state index in [0.29, 0.717) is 21.8 Å². The molecule has 0 atom stereocenters. The van der Waals surface area contributed by atoms with Gasteiger partial charge in [-0.25, -0.2) is 10.4 Å². The van der Waals surface area contributed by atoms with Crippen LogP contribution >= 0.6 is 11.8 Å². The number of hydrogen-bond acceptors (Lipinski definition) is 5. The molecule has 4 aromatic carbocycles. The number of amides is 1. The Balaban J connectivity index is 1.32. The molecule has 0 bridgehead atoms. The quantitative estimate of drug-likeness (QED) is 0.124. The Morgan fingerprint density at radius 3 is 2.29 bits per heavy atom. The van der Waals surface area contributed by atoms with Crippen LogP contribution in [0.2, 0.25) is 0 Å². The van der Waals surface area contributed by atoms with Crippen molar-refractivity contribution in [1.82, 2.24) is 15.0 Å². The number of rotatable bonds is 7. The van der Waals surface area contributed by atoms with Gasteiger partial charge in [-0.2, -0.15) is 5.10 Å². The Hall–Kier alpha value is -4.49. The van der Waals surface area contributed by atoms with E-state index in [2.05, 4.69) is 22.7 Å². The minimum Gasteiger partial charge on any atom is -0.272 e. The van der Waals surface area contributed by atoms with E-state index in [9.17, 15) is 9.59 Å². The van der Waals surface area contributed by atoms with Crippen molar-refractivity contribution in [2.75, 3.05) is 5.75 Å². The normalized spacial score (nSPS) is 11.5. The van der Waals surface area contributed by atoms with Crippen LogP contribution in [0.3, 0.4) is 0 Å². The van der Waals surface area contributed by atoms with E-state index in [4.69, 9.17) is 4.98 Å². The third-order valence-electron chi connectivity index (χ3n) is 6.19. The number of para-hydroxylation sites is 2. The number of fused-ring (bicyclic) bond motifs is 1. The number of aryl methyl sites for hydroxylation is 1. The molecular weight excluding hydrogens is 492 g/mol. The predicted octanol–water partition coefficient (Wildman–Crippen LogP) is 5.99. The third kappa shape index (κ3) is 5.43. The molecule has 0 saturated carbocycles. The van der Waals surface area contributed by atoms with Crippen LogP contribution in [-0.4, -0.2) is 26.9 Å². The number of carbonyl (C=O) groups is 1. The standard InChI is InChI=1S/C31H26N4O2S/c1-21-10-6-9-15-28(21)35-30(37)26-13-7-8-14-27(26)32-31(35)38-20-29(36)34-33-22(2)23-16-18-25(19-17-23)24-11-4-3-5-12-24/h3-19H,20H2,1-2H3,(H,34,36)/b33-22+. The number of benzene rings is 4. The molecule has 1 heterocycles. The zero-order chi connectivity index (χ0) is 26.5. The summed E-state index contributed by atoms with van der Waals surface area (Å²) >= 11 is 1.21. The van der Waals surface area contributed by atoms with Crippen LogP contribution in [-0.2, 0) is 4.79 Å². The van der Waals surface area contributed by atoms with Crippen molar-refractivity contribution in [3.05, 3.63) is 125 Å². The molecular formula is C31H26N4O2S. The summed E-state index contributed by atoms with van der Waals surface area (Å²) in [4.78, 5) is 30.8. The Labute approximate surface area is 225 Å². The van der Waals surface area contributed by atoms with E-state index < -0.39 is 0 Å². The van der Waals surface area contributed by atoms with Crippen molar-refractivity contribution in [3.8, 4) is 16.8 Å². The molecule has 0 saturated heterocycles. The van der Waals surface area contributed by atoms with Crippen LogP contribution in [0.1, 0.15) is 18.1 Å². The van der Waals surface area contributed by atoms with E-state index in [1.165, 1.54) is 11.8 Å². The number of aromatic nitrogens is 2. The average Bonchev–Trinajstić information content (AvgIpc) is 2.96. The molecule has 0 aliphatic carbocycles. The van der Waals surface area contributed by atoms with Gasteiger partial charge in [0.05, 0.1) is 28.1 Å². The lowest BCUT2D eigenvalue weighted by atomic mass is 10.0. The Morgan fingerprint density at radius 2 is 1.53 bits per heavy atom. The molecule has 0 aliphatic rings. The van der Waals surface area contributed by atoms with Crippen LogP contribution in [0.4, 0.5) is 0 Å². The number of nitrogens with one attached hydrogen (secondary N) is 1. The number of hydrogen-bond donors (Lipinski definition) is 1. The average molecular weight is 519 g/mol. The minimum atomic E-state index is -0.283. The molecule has 1 N–H and O–H groups in total. The summed E-state index contributed by atoms with van der Waals surface area (Å²) in [5, 5.41) is 5.27. The van der Waals surface area contributed by atoms with Crippen molar-refractivity contribution in [2.24, 2.45) is 5.10 Å².